The summed E-state index contributed by atoms with van der Waals surface area (Å²) in [7, 11) is 0. The summed E-state index contributed by atoms with van der Waals surface area (Å²) >= 11 is 0. The molecular weight excluding hydrogens is 776 g/mol. The molecule has 7 atom stereocenters. The van der Waals surface area contributed by atoms with Crippen LogP contribution < -0.4 is 60.6 Å². The van der Waals surface area contributed by atoms with Gasteiger partial charge in [0.1, 0.15) is 36.3 Å². The van der Waals surface area contributed by atoms with E-state index in [0.29, 0.717) is 0 Å². The van der Waals surface area contributed by atoms with E-state index < -0.39 is 134 Å². The van der Waals surface area contributed by atoms with Gasteiger partial charge in [0.15, 0.2) is 5.96 Å². The van der Waals surface area contributed by atoms with Gasteiger partial charge in [-0.25, -0.2) is 4.79 Å². The quantitative estimate of drug-likeness (QED) is 0.0189. The van der Waals surface area contributed by atoms with E-state index in [4.69, 9.17) is 28.7 Å². The van der Waals surface area contributed by atoms with Crippen LogP contribution in [0, 0.1) is 5.92 Å². The average molecular weight is 833 g/mol. The summed E-state index contributed by atoms with van der Waals surface area (Å²) in [6.45, 7) is 1.18. The van der Waals surface area contributed by atoms with E-state index in [9.17, 15) is 68.4 Å². The predicted molar refractivity (Wildman–Crippen MR) is 200 cm³/mol. The highest BCUT2D eigenvalue weighted by Gasteiger charge is 2.34. The van der Waals surface area contributed by atoms with Crippen LogP contribution in [0.3, 0.4) is 0 Å². The minimum absolute atomic E-state index is 0.0419. The number of carboxylic acid groups (broad SMARTS) is 2. The van der Waals surface area contributed by atoms with Crippen molar-refractivity contribution < 1.29 is 68.4 Å². The number of carbonyl (C=O) groups is 10. The Morgan fingerprint density at radius 3 is 1.43 bits per heavy atom. The van der Waals surface area contributed by atoms with E-state index >= 15 is 0 Å². The van der Waals surface area contributed by atoms with Gasteiger partial charge < -0.3 is 81.0 Å². The highest BCUT2D eigenvalue weighted by Crippen LogP contribution is 2.09. The van der Waals surface area contributed by atoms with Crippen molar-refractivity contribution in [3.05, 3.63) is 0 Å². The molecule has 8 amide bonds. The van der Waals surface area contributed by atoms with Crippen LogP contribution in [-0.2, 0) is 47.9 Å². The molecule has 0 bridgehead atoms. The van der Waals surface area contributed by atoms with E-state index in [1.54, 1.807) is 13.8 Å². The summed E-state index contributed by atoms with van der Waals surface area (Å²) in [5.41, 5.74) is 26.4. The molecule has 20 N–H and O–H groups in total. The highest BCUT2D eigenvalue weighted by atomic mass is 16.4. The SMILES string of the molecule is CC(C)C[C@H](NC(=O)[C@H](CC(=O)O)NC(=O)[C@H](CO)NC(=O)[C@H](CO)NC(=O)[C@@H](N)CCC(N)=O)C(=O)N[C@@H](CCC(N)=O)C(=O)N[C@@H](CCCN=C(N)N)C(=O)O. The molecule has 0 spiro atoms. The fraction of sp³-hybridized carbons (Fsp3) is 0.656. The number of nitrogens with two attached hydrogens (primary N) is 5. The molecule has 0 heterocycles. The first-order valence-electron chi connectivity index (χ1n) is 17.9. The number of nitrogens with one attached hydrogen (secondary N) is 6. The first-order valence-corrected chi connectivity index (χ1v) is 17.9. The number of carboxylic acids is 2. The zero-order valence-electron chi connectivity index (χ0n) is 32.1. The number of aliphatic imine (C=N–C) groups is 1. The lowest BCUT2D eigenvalue weighted by Gasteiger charge is -2.27. The van der Waals surface area contributed by atoms with Gasteiger partial charge in [-0.3, -0.25) is 48.1 Å². The molecule has 0 radical (unpaired) electrons. The van der Waals surface area contributed by atoms with Crippen LogP contribution in [0.5, 0.6) is 0 Å². The van der Waals surface area contributed by atoms with Crippen LogP contribution >= 0.6 is 0 Å². The van der Waals surface area contributed by atoms with Crippen molar-refractivity contribution in [3.63, 3.8) is 0 Å². The number of guanidine groups is 1. The molecule has 0 aromatic carbocycles. The molecule has 26 heteroatoms. The molecule has 0 saturated carbocycles. The van der Waals surface area contributed by atoms with Crippen molar-refractivity contribution in [2.75, 3.05) is 19.8 Å². The Morgan fingerprint density at radius 1 is 0.552 bits per heavy atom. The van der Waals surface area contributed by atoms with Crippen molar-refractivity contribution >= 4 is 65.2 Å². The molecule has 0 aliphatic carbocycles. The maximum atomic E-state index is 13.5. The lowest BCUT2D eigenvalue weighted by atomic mass is 10.0. The van der Waals surface area contributed by atoms with Crippen molar-refractivity contribution in [1.29, 1.82) is 0 Å². The number of aliphatic hydroxyl groups is 2. The van der Waals surface area contributed by atoms with Crippen molar-refractivity contribution in [1.82, 2.24) is 31.9 Å². The fourth-order valence-corrected chi connectivity index (χ4v) is 4.86. The minimum Gasteiger partial charge on any atom is -0.481 e. The Bertz CT molecular complexity index is 1510. The molecule has 0 aromatic rings. The molecule has 0 fully saturated rings. The number of primary amides is 2. The number of amides is 8. The lowest BCUT2D eigenvalue weighted by molar-refractivity contribution is -0.142. The van der Waals surface area contributed by atoms with Crippen molar-refractivity contribution in [2.24, 2.45) is 39.6 Å². The van der Waals surface area contributed by atoms with Gasteiger partial charge in [0.25, 0.3) is 0 Å². The lowest BCUT2D eigenvalue weighted by Crippen LogP contribution is -2.61. The summed E-state index contributed by atoms with van der Waals surface area (Å²) in [6.07, 6.45) is -2.51. The summed E-state index contributed by atoms with van der Waals surface area (Å²) < 4.78 is 0. The third-order valence-electron chi connectivity index (χ3n) is 7.89. The minimum atomic E-state index is -1.95. The Balaban J connectivity index is 6.09. The van der Waals surface area contributed by atoms with E-state index in [0.717, 1.165) is 0 Å². The van der Waals surface area contributed by atoms with Gasteiger partial charge in [-0.05, 0) is 38.0 Å². The Kier molecular flexibility index (Phi) is 23.8. The Labute approximate surface area is 332 Å². The maximum absolute atomic E-state index is 13.5. The number of rotatable bonds is 29. The first kappa shape index (κ1) is 51.8. The van der Waals surface area contributed by atoms with Crippen LogP contribution in [0.25, 0.3) is 0 Å². The molecular formula is C32H56N12O14. The summed E-state index contributed by atoms with van der Waals surface area (Å²) in [5.74, 6) is -12.0. The number of aliphatic carboxylic acids is 2. The second-order valence-electron chi connectivity index (χ2n) is 13.4. The predicted octanol–water partition coefficient (Wildman–Crippen LogP) is -7.60. The van der Waals surface area contributed by atoms with Gasteiger partial charge in [0, 0.05) is 19.4 Å². The standard InChI is InChI=1S/C32H56N12O14/c1-14(2)10-18(27(53)39-16(6-8-23(35)48)26(52)40-17(31(57)58)4-3-9-38-32(36)37)41-28(54)19(11-24(49)50)42-29(55)21(13-46)44-30(56)20(12-45)43-25(51)15(33)5-7-22(34)47/h14-21,45-46H,3-13,33H2,1-2H3,(H2,34,47)(H2,35,48)(H,39,53)(H,40,52)(H,41,54)(H,42,55)(H,43,51)(H,44,56)(H,49,50)(H,57,58)(H4,36,37,38)/t15-,16-,17-,18-,19-,20-,21-/m0/s1. The van der Waals surface area contributed by atoms with E-state index in [-0.39, 0.29) is 50.5 Å². The molecule has 0 aliphatic heterocycles. The van der Waals surface area contributed by atoms with Crippen molar-refractivity contribution in [2.45, 2.75) is 108 Å². The van der Waals surface area contributed by atoms with Crippen LogP contribution in [0.1, 0.15) is 65.2 Å². The van der Waals surface area contributed by atoms with Crippen LogP contribution in [0.4, 0.5) is 0 Å². The molecule has 58 heavy (non-hydrogen) atoms. The second-order valence-corrected chi connectivity index (χ2v) is 13.4. The molecule has 0 aliphatic rings. The molecule has 328 valence electrons. The smallest absolute Gasteiger partial charge is 0.326 e. The van der Waals surface area contributed by atoms with Gasteiger partial charge in [0.2, 0.25) is 47.3 Å². The molecule has 0 saturated heterocycles. The number of hydrogen-bond donors (Lipinski definition) is 15. The molecule has 0 unspecified atom stereocenters. The molecule has 0 aromatic heterocycles. The monoisotopic (exact) mass is 832 g/mol. The first-order chi connectivity index (χ1) is 27.0. The average Bonchev–Trinajstić information content (AvgIpc) is 3.12. The van der Waals surface area contributed by atoms with E-state index in [2.05, 4.69) is 31.6 Å². The van der Waals surface area contributed by atoms with Gasteiger partial charge >= 0.3 is 11.9 Å². The summed E-state index contributed by atoms with van der Waals surface area (Å²) in [6, 6.07) is -11.4. The van der Waals surface area contributed by atoms with Gasteiger partial charge in [-0.1, -0.05) is 13.8 Å². The summed E-state index contributed by atoms with van der Waals surface area (Å²) in [5, 5.41) is 51.7. The van der Waals surface area contributed by atoms with Gasteiger partial charge in [-0.15, -0.1) is 0 Å². The normalized spacial score (nSPS) is 14.4. The Hall–Kier alpha value is -6.15. The number of hydrogen-bond acceptors (Lipinski definition) is 14. The number of carbonyl (C=O) groups excluding carboxylic acids is 8. The van der Waals surface area contributed by atoms with Crippen LogP contribution in [-0.4, -0.2) is 148 Å². The third kappa shape index (κ3) is 21.2. The van der Waals surface area contributed by atoms with Gasteiger partial charge in [-0.2, -0.15) is 0 Å². The molecule has 0 rings (SSSR count). The van der Waals surface area contributed by atoms with Crippen molar-refractivity contribution in [3.8, 4) is 0 Å². The zero-order chi connectivity index (χ0) is 44.7. The number of nitrogens with zero attached hydrogens (tertiary/aromatic N) is 1. The topological polar surface area (TPSA) is 466 Å². The fourth-order valence-electron chi connectivity index (χ4n) is 4.86. The largest absolute Gasteiger partial charge is 0.481 e. The van der Waals surface area contributed by atoms with Crippen LogP contribution in [0.15, 0.2) is 4.99 Å². The van der Waals surface area contributed by atoms with Crippen LogP contribution in [0.2, 0.25) is 0 Å². The van der Waals surface area contributed by atoms with E-state index in [1.807, 2.05) is 5.32 Å². The molecule has 26 nitrogen and oxygen atoms in total. The zero-order valence-corrected chi connectivity index (χ0v) is 32.1. The highest BCUT2D eigenvalue weighted by molar-refractivity contribution is 5.98. The second kappa shape index (κ2) is 26.7. The maximum Gasteiger partial charge on any atom is 0.326 e. The van der Waals surface area contributed by atoms with E-state index in [1.165, 1.54) is 0 Å². The summed E-state index contributed by atoms with van der Waals surface area (Å²) in [4.78, 5) is 128. The Morgan fingerprint density at radius 2 is 0.966 bits per heavy atom. The third-order valence-corrected chi connectivity index (χ3v) is 7.89. The number of aliphatic hydroxyl groups excluding tert-OH is 2. The van der Waals surface area contributed by atoms with Gasteiger partial charge in [0.05, 0.1) is 25.7 Å².